The smallest absolute Gasteiger partial charge is 0.223 e. The number of hydrogen-bond donors (Lipinski definition) is 2. The first-order valence-electron chi connectivity index (χ1n) is 17.9. The molecule has 2 aliphatic carbocycles. The van der Waals surface area contributed by atoms with Crippen LogP contribution in [-0.2, 0) is 22.0 Å². The van der Waals surface area contributed by atoms with E-state index in [0.29, 0.717) is 22.1 Å². The highest BCUT2D eigenvalue weighted by Gasteiger charge is 2.42. The molecule has 52 heavy (non-hydrogen) atoms. The van der Waals surface area contributed by atoms with Crippen LogP contribution in [0.1, 0.15) is 131 Å². The van der Waals surface area contributed by atoms with Gasteiger partial charge in [-0.3, -0.25) is 0 Å². The number of nitrogens with one attached hydrogen (secondary N) is 2. The SMILES string of the molecule is CC[C@@H](N[S@@](=O)C(C)(C)C)c1cnc(OC2(C)CC2)c2cnc(Cl)cc12.CC[C@H](N[S@@](=O)C(C)(C)C)c1cnc(OC2(C)CC2)c2cnc(Cl)cc12. The van der Waals surface area contributed by atoms with Gasteiger partial charge in [0.25, 0.3) is 0 Å². The summed E-state index contributed by atoms with van der Waals surface area (Å²) in [5, 5.41) is 4.37. The second-order valence-electron chi connectivity index (χ2n) is 16.2. The van der Waals surface area contributed by atoms with Crippen LogP contribution in [0.3, 0.4) is 0 Å². The van der Waals surface area contributed by atoms with Gasteiger partial charge in [-0.1, -0.05) is 37.0 Å². The van der Waals surface area contributed by atoms with Crippen LogP contribution < -0.4 is 18.9 Å². The topological polar surface area (TPSA) is 128 Å². The van der Waals surface area contributed by atoms with Crippen LogP contribution in [0.5, 0.6) is 11.8 Å². The van der Waals surface area contributed by atoms with Gasteiger partial charge >= 0.3 is 0 Å². The van der Waals surface area contributed by atoms with E-state index in [1.165, 1.54) is 0 Å². The van der Waals surface area contributed by atoms with E-state index in [0.717, 1.165) is 71.2 Å². The van der Waals surface area contributed by atoms with E-state index in [4.69, 9.17) is 32.7 Å². The summed E-state index contributed by atoms with van der Waals surface area (Å²) >= 11 is 12.3. The van der Waals surface area contributed by atoms with E-state index in [9.17, 15) is 8.42 Å². The molecule has 2 N–H and O–H groups in total. The molecule has 10 nitrogen and oxygen atoms in total. The van der Waals surface area contributed by atoms with Crippen molar-refractivity contribution in [2.45, 2.75) is 141 Å². The first-order valence-corrected chi connectivity index (χ1v) is 20.9. The van der Waals surface area contributed by atoms with Gasteiger partial charge in [0.05, 0.1) is 42.2 Å². The average Bonchev–Trinajstić information content (AvgIpc) is 3.99. The number of rotatable bonds is 12. The molecular formula is C38H52Cl2N6O4S2. The van der Waals surface area contributed by atoms with Gasteiger partial charge in [-0.15, -0.1) is 0 Å². The van der Waals surface area contributed by atoms with Gasteiger partial charge in [-0.2, -0.15) is 0 Å². The summed E-state index contributed by atoms with van der Waals surface area (Å²) in [4.78, 5) is 17.5. The summed E-state index contributed by atoms with van der Waals surface area (Å²) in [7, 11) is -2.37. The number of hydrogen-bond acceptors (Lipinski definition) is 8. The fourth-order valence-corrected chi connectivity index (χ4v) is 7.43. The third-order valence-electron chi connectivity index (χ3n) is 9.24. The molecule has 0 radical (unpaired) electrons. The zero-order chi connectivity index (χ0) is 38.2. The molecule has 4 heterocycles. The van der Waals surface area contributed by atoms with Crippen LogP contribution in [0.4, 0.5) is 0 Å². The molecule has 0 bridgehead atoms. The molecule has 2 aliphatic rings. The van der Waals surface area contributed by atoms with Crippen LogP contribution in [-0.4, -0.2) is 49.0 Å². The average molecular weight is 792 g/mol. The van der Waals surface area contributed by atoms with Crippen LogP contribution in [0, 0.1) is 0 Å². The molecule has 4 aromatic rings. The molecule has 0 unspecified atom stereocenters. The molecule has 0 aromatic carbocycles. The Hall–Kier alpha value is -2.48. The van der Waals surface area contributed by atoms with Crippen molar-refractivity contribution in [1.82, 2.24) is 29.4 Å². The second kappa shape index (κ2) is 15.7. The zero-order valence-corrected chi connectivity index (χ0v) is 35.0. The fraction of sp³-hybridized carbons (Fsp3) is 0.579. The van der Waals surface area contributed by atoms with E-state index in [1.54, 1.807) is 24.8 Å². The number of aromatic nitrogens is 4. The minimum absolute atomic E-state index is 0.103. The van der Waals surface area contributed by atoms with Gasteiger partial charge in [0.15, 0.2) is 0 Å². The first kappa shape index (κ1) is 40.7. The Morgan fingerprint density at radius 3 is 1.29 bits per heavy atom. The Morgan fingerprint density at radius 2 is 1.00 bits per heavy atom. The maximum absolute atomic E-state index is 12.6. The van der Waals surface area contributed by atoms with Gasteiger partial charge in [0, 0.05) is 36.9 Å². The summed E-state index contributed by atoms with van der Waals surface area (Å²) in [5.74, 6) is 1.17. The molecule has 0 saturated heterocycles. The van der Waals surface area contributed by atoms with Crippen molar-refractivity contribution in [1.29, 1.82) is 0 Å². The minimum Gasteiger partial charge on any atom is -0.471 e. The predicted octanol–water partition coefficient (Wildman–Crippen LogP) is 9.43. The van der Waals surface area contributed by atoms with E-state index < -0.39 is 22.0 Å². The van der Waals surface area contributed by atoms with Crippen LogP contribution in [0.2, 0.25) is 10.3 Å². The first-order chi connectivity index (χ1) is 24.3. The number of nitrogens with zero attached hydrogens (tertiary/aromatic N) is 4. The number of fused-ring (bicyclic) bond motifs is 2. The van der Waals surface area contributed by atoms with Gasteiger partial charge < -0.3 is 9.47 Å². The molecule has 284 valence electrons. The predicted molar refractivity (Wildman–Crippen MR) is 214 cm³/mol. The second-order valence-corrected chi connectivity index (χ2v) is 20.9. The lowest BCUT2D eigenvalue weighted by atomic mass is 10.0. The Balaban J connectivity index is 0.000000201. The highest BCUT2D eigenvalue weighted by Crippen LogP contribution is 2.43. The largest absolute Gasteiger partial charge is 0.471 e. The molecule has 0 aliphatic heterocycles. The third kappa shape index (κ3) is 9.98. The van der Waals surface area contributed by atoms with Crippen molar-refractivity contribution in [3.63, 3.8) is 0 Å². The summed E-state index contributed by atoms with van der Waals surface area (Å²) in [6, 6.07) is 3.46. The quantitative estimate of drug-likeness (QED) is 0.136. The molecular weight excluding hydrogens is 739 g/mol. The monoisotopic (exact) mass is 790 g/mol. The normalized spacial score (nSPS) is 18.5. The maximum Gasteiger partial charge on any atom is 0.223 e. The number of ether oxygens (including phenoxy) is 2. The van der Waals surface area contributed by atoms with Crippen molar-refractivity contribution in [2.24, 2.45) is 0 Å². The molecule has 4 atom stereocenters. The van der Waals surface area contributed by atoms with Gasteiger partial charge in [0.2, 0.25) is 11.8 Å². The number of pyridine rings is 4. The zero-order valence-electron chi connectivity index (χ0n) is 31.9. The summed E-state index contributed by atoms with van der Waals surface area (Å²) < 4.78 is 43.2. The lowest BCUT2D eigenvalue weighted by molar-refractivity contribution is 0.194. The lowest BCUT2D eigenvalue weighted by Gasteiger charge is -2.25. The maximum atomic E-state index is 12.6. The lowest BCUT2D eigenvalue weighted by Crippen LogP contribution is -2.35. The molecule has 6 rings (SSSR count). The van der Waals surface area contributed by atoms with Gasteiger partial charge in [-0.05, 0) is 128 Å². The molecule has 0 spiro atoms. The van der Waals surface area contributed by atoms with Gasteiger partial charge in [0.1, 0.15) is 21.5 Å². The van der Waals surface area contributed by atoms with Crippen molar-refractivity contribution in [3.8, 4) is 11.8 Å². The van der Waals surface area contributed by atoms with E-state index in [-0.39, 0.29) is 32.8 Å². The highest BCUT2D eigenvalue weighted by molar-refractivity contribution is 7.84. The number of halogens is 2. The molecule has 14 heteroatoms. The molecule has 2 saturated carbocycles. The van der Waals surface area contributed by atoms with E-state index in [1.807, 2.05) is 53.7 Å². The van der Waals surface area contributed by atoms with Crippen molar-refractivity contribution < 1.29 is 17.9 Å². The molecule has 2 fully saturated rings. The third-order valence-corrected chi connectivity index (χ3v) is 12.9. The van der Waals surface area contributed by atoms with Gasteiger partial charge in [-0.25, -0.2) is 37.8 Å². The standard InChI is InChI=1S/2C19H26ClN3O2S/c2*1-6-15(23-26(24)18(2,3)4)13-10-22-17(25-19(5)7-8-19)14-11-21-16(20)9-12(13)14/h2*9-11,15,23H,6-8H2,1-5H3/t15-,26+;15-,26-/m10/s1. The Bertz CT molecular complexity index is 1830. The Morgan fingerprint density at radius 1 is 0.654 bits per heavy atom. The van der Waals surface area contributed by atoms with Crippen molar-refractivity contribution in [2.75, 3.05) is 0 Å². The molecule has 0 amide bonds. The van der Waals surface area contributed by atoms with Crippen LogP contribution in [0.15, 0.2) is 36.9 Å². The summed E-state index contributed by atoms with van der Waals surface area (Å²) in [6.07, 6.45) is 12.7. The van der Waals surface area contributed by atoms with Crippen LogP contribution >= 0.6 is 23.2 Å². The van der Waals surface area contributed by atoms with Crippen LogP contribution in [0.25, 0.3) is 21.5 Å². The summed E-state index contributed by atoms with van der Waals surface area (Å²) in [5.41, 5.74) is 1.66. The van der Waals surface area contributed by atoms with E-state index >= 15 is 0 Å². The van der Waals surface area contributed by atoms with E-state index in [2.05, 4.69) is 57.1 Å². The highest BCUT2D eigenvalue weighted by atomic mass is 35.5. The summed E-state index contributed by atoms with van der Waals surface area (Å²) in [6.45, 7) is 20.0. The molecule has 4 aromatic heterocycles. The van der Waals surface area contributed by atoms with Crippen molar-refractivity contribution in [3.05, 3.63) is 58.4 Å². The fourth-order valence-electron chi connectivity index (χ4n) is 5.30. The Kier molecular flexibility index (Phi) is 12.3. The Labute approximate surface area is 323 Å². The minimum atomic E-state index is -1.18. The van der Waals surface area contributed by atoms with Crippen molar-refractivity contribution >= 4 is 66.7 Å².